The van der Waals surface area contributed by atoms with E-state index in [2.05, 4.69) is 15.9 Å². The van der Waals surface area contributed by atoms with Crippen molar-refractivity contribution in [3.8, 4) is 11.5 Å². The van der Waals surface area contributed by atoms with Gasteiger partial charge in [0.25, 0.3) is 5.91 Å². The van der Waals surface area contributed by atoms with Crippen LogP contribution in [-0.4, -0.2) is 31.1 Å². The van der Waals surface area contributed by atoms with Gasteiger partial charge in [-0.1, -0.05) is 34.1 Å². The van der Waals surface area contributed by atoms with Gasteiger partial charge < -0.3 is 14.4 Å². The third-order valence-corrected chi connectivity index (χ3v) is 3.92. The van der Waals surface area contributed by atoms with Crippen molar-refractivity contribution in [3.05, 3.63) is 58.6 Å². The Morgan fingerprint density at radius 2 is 1.91 bits per heavy atom. The number of hydrogen-bond acceptors (Lipinski definition) is 3. The maximum absolute atomic E-state index is 12.5. The van der Waals surface area contributed by atoms with Crippen LogP contribution in [0.5, 0.6) is 11.5 Å². The van der Waals surface area contributed by atoms with Gasteiger partial charge >= 0.3 is 0 Å². The molecule has 0 fully saturated rings. The molecule has 0 radical (unpaired) electrons. The van der Waals surface area contributed by atoms with Gasteiger partial charge in [-0.25, -0.2) is 0 Å². The molecule has 122 valence electrons. The molecule has 0 aliphatic carbocycles. The molecule has 0 aliphatic rings. The van der Waals surface area contributed by atoms with E-state index in [1.807, 2.05) is 48.5 Å². The van der Waals surface area contributed by atoms with Crippen LogP contribution in [0.25, 0.3) is 0 Å². The molecular weight excluding hydrogens is 358 g/mol. The first-order valence-corrected chi connectivity index (χ1v) is 8.09. The molecule has 23 heavy (non-hydrogen) atoms. The first kappa shape index (κ1) is 17.3. The number of rotatable bonds is 6. The highest BCUT2D eigenvalue weighted by Gasteiger charge is 2.20. The summed E-state index contributed by atoms with van der Waals surface area (Å²) in [4.78, 5) is 14.1. The lowest BCUT2D eigenvalue weighted by molar-refractivity contribution is -0.137. The number of methoxy groups -OCH3 is 1. The minimum absolute atomic E-state index is 0.0871. The summed E-state index contributed by atoms with van der Waals surface area (Å²) in [7, 11) is 3.38. The molecule has 1 atom stereocenters. The SMILES string of the molecule is COc1ccc(Br)cc1CN(C)C(=O)[C@H](C)Oc1ccccc1. The zero-order chi connectivity index (χ0) is 16.8. The summed E-state index contributed by atoms with van der Waals surface area (Å²) in [6, 6.07) is 15.1. The zero-order valence-electron chi connectivity index (χ0n) is 13.5. The van der Waals surface area contributed by atoms with Crippen LogP contribution < -0.4 is 9.47 Å². The van der Waals surface area contributed by atoms with E-state index in [1.165, 1.54) is 0 Å². The number of nitrogens with zero attached hydrogens (tertiary/aromatic N) is 1. The molecule has 0 aliphatic heterocycles. The smallest absolute Gasteiger partial charge is 0.263 e. The van der Waals surface area contributed by atoms with Crippen molar-refractivity contribution in [2.75, 3.05) is 14.2 Å². The predicted octanol–water partition coefficient (Wildman–Crippen LogP) is 3.88. The summed E-state index contributed by atoms with van der Waals surface area (Å²) in [5, 5.41) is 0. The second kappa shape index (κ2) is 8.02. The first-order valence-electron chi connectivity index (χ1n) is 7.30. The number of ether oxygens (including phenoxy) is 2. The predicted molar refractivity (Wildman–Crippen MR) is 93.7 cm³/mol. The van der Waals surface area contributed by atoms with Crippen molar-refractivity contribution in [2.45, 2.75) is 19.6 Å². The maximum Gasteiger partial charge on any atom is 0.263 e. The number of carbonyl (C=O) groups is 1. The molecule has 4 nitrogen and oxygen atoms in total. The van der Waals surface area contributed by atoms with Gasteiger partial charge in [-0.2, -0.15) is 0 Å². The van der Waals surface area contributed by atoms with Gasteiger partial charge in [0.05, 0.1) is 7.11 Å². The number of para-hydroxylation sites is 1. The Balaban J connectivity index is 2.03. The fourth-order valence-electron chi connectivity index (χ4n) is 2.27. The van der Waals surface area contributed by atoms with E-state index in [1.54, 1.807) is 26.0 Å². The summed E-state index contributed by atoms with van der Waals surface area (Å²) >= 11 is 3.44. The van der Waals surface area contributed by atoms with Gasteiger partial charge in [0, 0.05) is 23.6 Å². The molecule has 0 saturated carbocycles. The van der Waals surface area contributed by atoms with Gasteiger partial charge in [-0.05, 0) is 37.3 Å². The molecule has 0 spiro atoms. The summed E-state index contributed by atoms with van der Waals surface area (Å²) in [6.07, 6.45) is -0.555. The average molecular weight is 378 g/mol. The van der Waals surface area contributed by atoms with Gasteiger partial charge in [0.15, 0.2) is 6.10 Å². The Hall–Kier alpha value is -2.01. The van der Waals surface area contributed by atoms with E-state index < -0.39 is 6.10 Å². The first-order chi connectivity index (χ1) is 11.0. The summed E-state index contributed by atoms with van der Waals surface area (Å²) in [6.45, 7) is 2.20. The Morgan fingerprint density at radius 3 is 2.57 bits per heavy atom. The fourth-order valence-corrected chi connectivity index (χ4v) is 2.68. The quantitative estimate of drug-likeness (QED) is 0.766. The van der Waals surface area contributed by atoms with E-state index in [4.69, 9.17) is 9.47 Å². The van der Waals surface area contributed by atoms with Gasteiger partial charge in [0.2, 0.25) is 0 Å². The highest BCUT2D eigenvalue weighted by atomic mass is 79.9. The van der Waals surface area contributed by atoms with Crippen molar-refractivity contribution in [1.82, 2.24) is 4.90 Å². The van der Waals surface area contributed by atoms with Crippen molar-refractivity contribution < 1.29 is 14.3 Å². The lowest BCUT2D eigenvalue weighted by Crippen LogP contribution is -2.37. The summed E-state index contributed by atoms with van der Waals surface area (Å²) < 4.78 is 12.0. The number of hydrogen-bond donors (Lipinski definition) is 0. The number of likely N-dealkylation sites (N-methyl/N-ethyl adjacent to an activating group) is 1. The van der Waals surface area contributed by atoms with E-state index >= 15 is 0 Å². The summed E-state index contributed by atoms with van der Waals surface area (Å²) in [5.41, 5.74) is 0.935. The lowest BCUT2D eigenvalue weighted by atomic mass is 10.2. The number of amides is 1. The van der Waals surface area contributed by atoms with Crippen LogP contribution in [-0.2, 0) is 11.3 Å². The topological polar surface area (TPSA) is 38.8 Å². The second-order valence-corrected chi connectivity index (χ2v) is 6.14. The van der Waals surface area contributed by atoms with E-state index in [9.17, 15) is 4.79 Å². The molecule has 0 N–H and O–H groups in total. The van der Waals surface area contributed by atoms with E-state index in [0.717, 1.165) is 15.8 Å². The van der Waals surface area contributed by atoms with Gasteiger partial charge in [-0.15, -0.1) is 0 Å². The van der Waals surface area contributed by atoms with Crippen molar-refractivity contribution in [2.24, 2.45) is 0 Å². The van der Waals surface area contributed by atoms with Crippen LogP contribution in [0.2, 0.25) is 0 Å². The Kier molecular flexibility index (Phi) is 6.04. The highest BCUT2D eigenvalue weighted by Crippen LogP contribution is 2.24. The number of halogens is 1. The molecule has 1 amide bonds. The molecule has 0 bridgehead atoms. The molecule has 2 aromatic rings. The number of benzene rings is 2. The van der Waals surface area contributed by atoms with Crippen molar-refractivity contribution >= 4 is 21.8 Å². The molecule has 0 unspecified atom stereocenters. The van der Waals surface area contributed by atoms with E-state index in [-0.39, 0.29) is 5.91 Å². The number of carbonyl (C=O) groups excluding carboxylic acids is 1. The Labute approximate surface area is 145 Å². The third kappa shape index (κ3) is 4.73. The Bertz CT molecular complexity index is 661. The molecule has 2 aromatic carbocycles. The molecule has 0 aromatic heterocycles. The molecule has 5 heteroatoms. The lowest BCUT2D eigenvalue weighted by Gasteiger charge is -2.23. The van der Waals surface area contributed by atoms with Crippen LogP contribution >= 0.6 is 15.9 Å². The third-order valence-electron chi connectivity index (χ3n) is 3.43. The van der Waals surface area contributed by atoms with Crippen LogP contribution in [0.3, 0.4) is 0 Å². The summed E-state index contributed by atoms with van der Waals surface area (Å²) in [5.74, 6) is 1.35. The minimum Gasteiger partial charge on any atom is -0.496 e. The average Bonchev–Trinajstić information content (AvgIpc) is 2.55. The van der Waals surface area contributed by atoms with Crippen LogP contribution in [0.15, 0.2) is 53.0 Å². The standard InChI is InChI=1S/C18H20BrNO3/c1-13(23-16-7-5-4-6-8-16)18(21)20(2)12-14-11-15(19)9-10-17(14)22-3/h4-11,13H,12H2,1-3H3/t13-/m0/s1. The van der Waals surface area contributed by atoms with E-state index in [0.29, 0.717) is 12.3 Å². The molecule has 2 rings (SSSR count). The van der Waals surface area contributed by atoms with Crippen LogP contribution in [0.1, 0.15) is 12.5 Å². The second-order valence-electron chi connectivity index (χ2n) is 5.22. The van der Waals surface area contributed by atoms with Crippen molar-refractivity contribution in [3.63, 3.8) is 0 Å². The molecular formula is C18H20BrNO3. The van der Waals surface area contributed by atoms with Gasteiger partial charge in [0.1, 0.15) is 11.5 Å². The maximum atomic E-state index is 12.5. The molecule has 0 heterocycles. The van der Waals surface area contributed by atoms with Crippen LogP contribution in [0.4, 0.5) is 0 Å². The van der Waals surface area contributed by atoms with Gasteiger partial charge in [-0.3, -0.25) is 4.79 Å². The monoisotopic (exact) mass is 377 g/mol. The van der Waals surface area contributed by atoms with Crippen molar-refractivity contribution in [1.29, 1.82) is 0 Å². The zero-order valence-corrected chi connectivity index (χ0v) is 15.0. The van der Waals surface area contributed by atoms with Crippen LogP contribution in [0, 0.1) is 0 Å². The normalized spacial score (nSPS) is 11.7. The Morgan fingerprint density at radius 1 is 1.22 bits per heavy atom. The molecule has 0 saturated heterocycles. The minimum atomic E-state index is -0.555. The fraction of sp³-hybridized carbons (Fsp3) is 0.278. The largest absolute Gasteiger partial charge is 0.496 e. The highest BCUT2D eigenvalue weighted by molar-refractivity contribution is 9.10.